The number of benzene rings is 1. The summed E-state index contributed by atoms with van der Waals surface area (Å²) in [7, 11) is 0. The van der Waals surface area contributed by atoms with E-state index in [9.17, 15) is 14.7 Å². The fraction of sp³-hybridized carbons (Fsp3) is 0.579. The van der Waals surface area contributed by atoms with Gasteiger partial charge in [-0.05, 0) is 56.4 Å². The number of carboxylic acids is 1. The number of likely N-dealkylation sites (tertiary alicyclic amines) is 1. The van der Waals surface area contributed by atoms with E-state index >= 15 is 0 Å². The zero-order valence-corrected chi connectivity index (χ0v) is 14.7. The number of carboxylic acid groups (broad SMARTS) is 1. The number of hydrogen-bond acceptors (Lipinski definition) is 3. The minimum atomic E-state index is -0.825. The van der Waals surface area contributed by atoms with Crippen LogP contribution < -0.4 is 4.74 Å². The van der Waals surface area contributed by atoms with Crippen LogP contribution in [-0.2, 0) is 4.79 Å². The van der Waals surface area contributed by atoms with Gasteiger partial charge >= 0.3 is 5.97 Å². The van der Waals surface area contributed by atoms with Gasteiger partial charge in [0.1, 0.15) is 5.75 Å². The van der Waals surface area contributed by atoms with Crippen LogP contribution in [0.2, 0.25) is 0 Å². The molecule has 1 amide bonds. The quantitative estimate of drug-likeness (QED) is 0.866. The van der Waals surface area contributed by atoms with Crippen molar-refractivity contribution in [2.24, 2.45) is 11.8 Å². The summed E-state index contributed by atoms with van der Waals surface area (Å²) in [5, 5.41) is 9.28. The molecule has 1 fully saturated rings. The molecule has 0 aliphatic carbocycles. The molecule has 1 N–H and O–H groups in total. The van der Waals surface area contributed by atoms with Gasteiger partial charge in [-0.3, -0.25) is 9.59 Å². The predicted octanol–water partition coefficient (Wildman–Crippen LogP) is 3.44. The zero-order valence-electron chi connectivity index (χ0n) is 14.7. The lowest BCUT2D eigenvalue weighted by Gasteiger charge is -2.37. The van der Waals surface area contributed by atoms with Gasteiger partial charge in [-0.2, -0.15) is 0 Å². The van der Waals surface area contributed by atoms with Crippen molar-refractivity contribution < 1.29 is 19.4 Å². The molecular formula is C19H27NO4. The molecule has 1 aromatic rings. The Balaban J connectivity index is 2.00. The van der Waals surface area contributed by atoms with E-state index in [1.807, 2.05) is 6.92 Å². The van der Waals surface area contributed by atoms with Gasteiger partial charge in [0.25, 0.3) is 5.91 Å². The Morgan fingerprint density at radius 3 is 2.54 bits per heavy atom. The van der Waals surface area contributed by atoms with Gasteiger partial charge in [0, 0.05) is 18.2 Å². The number of ether oxygens (including phenoxy) is 1. The molecule has 5 heteroatoms. The number of aliphatic carboxylic acids is 1. The van der Waals surface area contributed by atoms with Crippen LogP contribution >= 0.6 is 0 Å². The summed E-state index contributed by atoms with van der Waals surface area (Å²) in [4.78, 5) is 25.7. The summed E-state index contributed by atoms with van der Waals surface area (Å²) in [6, 6.07) is 6.83. The van der Waals surface area contributed by atoms with E-state index in [-0.39, 0.29) is 11.9 Å². The lowest BCUT2D eigenvalue weighted by molar-refractivity contribution is -0.144. The second kappa shape index (κ2) is 8.18. The maximum Gasteiger partial charge on any atom is 0.308 e. The third-order valence-electron chi connectivity index (χ3n) is 4.63. The second-order valence-corrected chi connectivity index (χ2v) is 6.88. The molecule has 132 valence electrons. The van der Waals surface area contributed by atoms with Crippen molar-refractivity contribution in [2.75, 3.05) is 13.2 Å². The minimum absolute atomic E-state index is 0.109. The summed E-state index contributed by atoms with van der Waals surface area (Å²) in [5.41, 5.74) is 0.573. The molecule has 1 aliphatic rings. The highest BCUT2D eigenvalue weighted by molar-refractivity contribution is 5.95. The molecule has 1 heterocycles. The molecule has 0 radical (unpaired) electrons. The zero-order chi connectivity index (χ0) is 17.7. The summed E-state index contributed by atoms with van der Waals surface area (Å²) >= 11 is 0. The number of carbonyl (C=O) groups excluding carboxylic acids is 1. The Morgan fingerprint density at radius 1 is 1.29 bits per heavy atom. The summed E-state index contributed by atoms with van der Waals surface area (Å²) < 4.78 is 5.66. The van der Waals surface area contributed by atoms with Crippen LogP contribution in [0.1, 0.15) is 50.4 Å². The van der Waals surface area contributed by atoms with Crippen molar-refractivity contribution in [3.63, 3.8) is 0 Å². The molecule has 2 atom stereocenters. The standard InChI is InChI=1S/C19H27NO4/c1-13(2)10-12-24-16-8-6-15(7-9-16)18(21)20-11-4-5-17(14(20)3)19(22)23/h6-9,13-14,17H,4-5,10-12H2,1-3H3,(H,22,23)/t14-,17-/m0/s1. The molecule has 0 aromatic heterocycles. The lowest BCUT2D eigenvalue weighted by atomic mass is 9.90. The first kappa shape index (κ1) is 18.3. The number of hydrogen-bond donors (Lipinski definition) is 1. The Labute approximate surface area is 143 Å². The molecule has 24 heavy (non-hydrogen) atoms. The van der Waals surface area contributed by atoms with E-state index in [1.165, 1.54) is 0 Å². The van der Waals surface area contributed by atoms with Crippen LogP contribution in [0.4, 0.5) is 0 Å². The van der Waals surface area contributed by atoms with Gasteiger partial charge in [-0.25, -0.2) is 0 Å². The Morgan fingerprint density at radius 2 is 1.96 bits per heavy atom. The van der Waals surface area contributed by atoms with Gasteiger partial charge in [0.2, 0.25) is 0 Å². The maximum absolute atomic E-state index is 12.7. The van der Waals surface area contributed by atoms with Crippen molar-refractivity contribution in [1.82, 2.24) is 4.90 Å². The fourth-order valence-electron chi connectivity index (χ4n) is 3.03. The number of carbonyl (C=O) groups is 2. The molecule has 0 spiro atoms. The number of rotatable bonds is 6. The third kappa shape index (κ3) is 4.49. The largest absolute Gasteiger partial charge is 0.494 e. The smallest absolute Gasteiger partial charge is 0.308 e. The van der Waals surface area contributed by atoms with Crippen LogP contribution in [-0.4, -0.2) is 41.1 Å². The van der Waals surface area contributed by atoms with Gasteiger partial charge in [0.05, 0.1) is 12.5 Å². The van der Waals surface area contributed by atoms with E-state index in [1.54, 1.807) is 29.2 Å². The number of nitrogens with zero attached hydrogens (tertiary/aromatic N) is 1. The first-order chi connectivity index (χ1) is 11.4. The van der Waals surface area contributed by atoms with Crippen molar-refractivity contribution in [1.29, 1.82) is 0 Å². The normalized spacial score (nSPS) is 20.9. The average Bonchev–Trinajstić information content (AvgIpc) is 2.54. The SMILES string of the molecule is CC(C)CCOc1ccc(C(=O)N2CCC[C@H](C(=O)O)[C@@H]2C)cc1. The summed E-state index contributed by atoms with van der Waals surface area (Å²) in [6.45, 7) is 7.38. The highest BCUT2D eigenvalue weighted by atomic mass is 16.5. The number of amides is 1. The minimum Gasteiger partial charge on any atom is -0.494 e. The molecule has 1 aliphatic heterocycles. The molecule has 0 saturated carbocycles. The topological polar surface area (TPSA) is 66.8 Å². The van der Waals surface area contributed by atoms with Crippen molar-refractivity contribution in [3.05, 3.63) is 29.8 Å². The first-order valence-electron chi connectivity index (χ1n) is 8.66. The lowest BCUT2D eigenvalue weighted by Crippen LogP contribution is -2.49. The van der Waals surface area contributed by atoms with Gasteiger partial charge in [-0.15, -0.1) is 0 Å². The van der Waals surface area contributed by atoms with E-state index in [4.69, 9.17) is 4.74 Å². The monoisotopic (exact) mass is 333 g/mol. The molecule has 1 saturated heterocycles. The van der Waals surface area contributed by atoms with E-state index < -0.39 is 11.9 Å². The Bertz CT molecular complexity index is 567. The first-order valence-corrected chi connectivity index (χ1v) is 8.66. The van der Waals surface area contributed by atoms with Gasteiger partial charge < -0.3 is 14.7 Å². The van der Waals surface area contributed by atoms with Crippen molar-refractivity contribution in [3.8, 4) is 5.75 Å². The molecule has 0 bridgehead atoms. The van der Waals surface area contributed by atoms with Crippen molar-refractivity contribution in [2.45, 2.75) is 46.1 Å². The molecular weight excluding hydrogens is 306 g/mol. The van der Waals surface area contributed by atoms with E-state index in [0.29, 0.717) is 31.1 Å². The second-order valence-electron chi connectivity index (χ2n) is 6.88. The Kier molecular flexibility index (Phi) is 6.23. The maximum atomic E-state index is 12.7. The van der Waals surface area contributed by atoms with Crippen LogP contribution in [0.3, 0.4) is 0 Å². The van der Waals surface area contributed by atoms with Crippen LogP contribution in [0, 0.1) is 11.8 Å². The highest BCUT2D eigenvalue weighted by Gasteiger charge is 2.35. The fourth-order valence-corrected chi connectivity index (χ4v) is 3.03. The van der Waals surface area contributed by atoms with Crippen molar-refractivity contribution >= 4 is 11.9 Å². The number of piperidine rings is 1. The molecule has 0 unspecified atom stereocenters. The van der Waals surface area contributed by atoms with Crippen LogP contribution in [0.15, 0.2) is 24.3 Å². The molecule has 2 rings (SSSR count). The van der Waals surface area contributed by atoms with E-state index in [0.717, 1.165) is 18.6 Å². The summed E-state index contributed by atoms with van der Waals surface area (Å²) in [6.07, 6.45) is 2.34. The molecule has 5 nitrogen and oxygen atoms in total. The molecule has 1 aromatic carbocycles. The van der Waals surface area contributed by atoms with E-state index in [2.05, 4.69) is 13.8 Å². The highest BCUT2D eigenvalue weighted by Crippen LogP contribution is 2.26. The van der Waals surface area contributed by atoms with Gasteiger partial charge in [0.15, 0.2) is 0 Å². The average molecular weight is 333 g/mol. The third-order valence-corrected chi connectivity index (χ3v) is 4.63. The van der Waals surface area contributed by atoms with Crippen LogP contribution in [0.25, 0.3) is 0 Å². The predicted molar refractivity (Wildman–Crippen MR) is 92.3 cm³/mol. The van der Waals surface area contributed by atoms with Gasteiger partial charge in [-0.1, -0.05) is 13.8 Å². The summed E-state index contributed by atoms with van der Waals surface area (Å²) in [5.74, 6) is -0.0756. The Hall–Kier alpha value is -2.04. The van der Waals surface area contributed by atoms with Crippen LogP contribution in [0.5, 0.6) is 5.75 Å².